The number of hydrogen-bond donors (Lipinski definition) is 0. The van der Waals surface area contributed by atoms with Crippen molar-refractivity contribution in [1.29, 1.82) is 5.26 Å². The zero-order chi connectivity index (χ0) is 11.0. The van der Waals surface area contributed by atoms with Crippen molar-refractivity contribution in [2.24, 2.45) is 10.2 Å². The van der Waals surface area contributed by atoms with Gasteiger partial charge in [0.15, 0.2) is 5.54 Å². The van der Waals surface area contributed by atoms with E-state index in [1.807, 2.05) is 0 Å². The molecule has 1 aliphatic carbocycles. The van der Waals surface area contributed by atoms with Crippen LogP contribution in [0, 0.1) is 11.3 Å². The summed E-state index contributed by atoms with van der Waals surface area (Å²) in [6.45, 7) is 2.96. The monoisotopic (exact) mass is 207 g/mol. The second-order valence-corrected chi connectivity index (χ2v) is 4.38. The van der Waals surface area contributed by atoms with Crippen molar-refractivity contribution in [3.63, 3.8) is 0 Å². The molecule has 0 aromatic rings. The number of hydrogen-bond acceptors (Lipinski definition) is 3. The summed E-state index contributed by atoms with van der Waals surface area (Å²) in [6, 6.07) is 2.35. The zero-order valence-electron chi connectivity index (χ0n) is 9.71. The molecule has 0 aromatic carbocycles. The molecular weight excluding hydrogens is 186 g/mol. The average Bonchev–Trinajstić information content (AvgIpc) is 2.30. The van der Waals surface area contributed by atoms with Gasteiger partial charge in [-0.05, 0) is 32.1 Å². The Morgan fingerprint density at radius 1 is 1.20 bits per heavy atom. The Morgan fingerprint density at radius 2 is 1.93 bits per heavy atom. The molecule has 84 valence electrons. The number of unbranched alkanes of at least 4 members (excludes halogenated alkanes) is 2. The highest BCUT2D eigenvalue weighted by Gasteiger charge is 2.31. The minimum Gasteiger partial charge on any atom is -0.196 e. The molecule has 3 heteroatoms. The first-order valence-electron chi connectivity index (χ1n) is 6.13. The lowest BCUT2D eigenvalue weighted by atomic mass is 9.84. The van der Waals surface area contributed by atoms with Gasteiger partial charge in [0.25, 0.3) is 0 Å². The summed E-state index contributed by atoms with van der Waals surface area (Å²) in [5.74, 6) is 0. The summed E-state index contributed by atoms with van der Waals surface area (Å²) in [5, 5.41) is 17.6. The van der Waals surface area contributed by atoms with Crippen molar-refractivity contribution in [3.8, 4) is 6.07 Å². The lowest BCUT2D eigenvalue weighted by Gasteiger charge is -2.24. The van der Waals surface area contributed by atoms with Gasteiger partial charge in [-0.15, -0.1) is 0 Å². The Balaban J connectivity index is 2.35. The molecule has 0 atom stereocenters. The van der Waals surface area contributed by atoms with Crippen molar-refractivity contribution in [2.75, 3.05) is 6.54 Å². The van der Waals surface area contributed by atoms with E-state index < -0.39 is 5.54 Å². The maximum atomic E-state index is 9.14. The first kappa shape index (κ1) is 12.2. The van der Waals surface area contributed by atoms with Crippen LogP contribution < -0.4 is 0 Å². The zero-order valence-corrected chi connectivity index (χ0v) is 9.71. The highest BCUT2D eigenvalue weighted by atomic mass is 15.1. The van der Waals surface area contributed by atoms with Gasteiger partial charge in [-0.25, -0.2) is 0 Å². The summed E-state index contributed by atoms with van der Waals surface area (Å²) >= 11 is 0. The van der Waals surface area contributed by atoms with E-state index in [-0.39, 0.29) is 0 Å². The largest absolute Gasteiger partial charge is 0.196 e. The number of nitriles is 1. The fourth-order valence-corrected chi connectivity index (χ4v) is 1.99. The molecular formula is C12H21N3. The van der Waals surface area contributed by atoms with Crippen molar-refractivity contribution in [3.05, 3.63) is 0 Å². The third-order valence-corrected chi connectivity index (χ3v) is 3.01. The Labute approximate surface area is 92.6 Å². The Morgan fingerprint density at radius 3 is 2.53 bits per heavy atom. The lowest BCUT2D eigenvalue weighted by molar-refractivity contribution is 0.353. The van der Waals surface area contributed by atoms with Gasteiger partial charge in [0.05, 0.1) is 12.6 Å². The van der Waals surface area contributed by atoms with E-state index in [1.54, 1.807) is 0 Å². The van der Waals surface area contributed by atoms with Crippen molar-refractivity contribution < 1.29 is 0 Å². The maximum Gasteiger partial charge on any atom is 0.167 e. The average molecular weight is 207 g/mol. The molecule has 3 nitrogen and oxygen atoms in total. The maximum absolute atomic E-state index is 9.14. The molecule has 1 aliphatic rings. The highest BCUT2D eigenvalue weighted by molar-refractivity contribution is 5.07. The van der Waals surface area contributed by atoms with Crippen LogP contribution in [-0.4, -0.2) is 12.1 Å². The van der Waals surface area contributed by atoms with Crippen molar-refractivity contribution in [1.82, 2.24) is 0 Å². The molecule has 0 unspecified atom stereocenters. The first-order chi connectivity index (χ1) is 7.33. The van der Waals surface area contributed by atoms with E-state index >= 15 is 0 Å². The number of azo groups is 1. The van der Waals surface area contributed by atoms with Crippen molar-refractivity contribution >= 4 is 0 Å². The van der Waals surface area contributed by atoms with Crippen LogP contribution in [0.1, 0.15) is 58.3 Å². The van der Waals surface area contributed by atoms with E-state index in [9.17, 15) is 0 Å². The van der Waals surface area contributed by atoms with Crippen LogP contribution in [0.2, 0.25) is 0 Å². The topological polar surface area (TPSA) is 48.5 Å². The summed E-state index contributed by atoms with van der Waals surface area (Å²) in [5.41, 5.74) is -0.468. The summed E-state index contributed by atoms with van der Waals surface area (Å²) in [6.07, 6.45) is 8.82. The van der Waals surface area contributed by atoms with Gasteiger partial charge in [-0.2, -0.15) is 15.5 Å². The van der Waals surface area contributed by atoms with E-state index in [1.165, 1.54) is 19.3 Å². The van der Waals surface area contributed by atoms with Crippen LogP contribution in [0.4, 0.5) is 0 Å². The predicted molar refractivity (Wildman–Crippen MR) is 60.7 cm³/mol. The predicted octanol–water partition coefficient (Wildman–Crippen LogP) is 3.86. The second kappa shape index (κ2) is 6.55. The standard InChI is InChI=1S/C12H21N3/c1-2-3-7-10-14-15-12(11-13)8-5-4-6-9-12/h2-10H2,1H3. The van der Waals surface area contributed by atoms with Crippen LogP contribution >= 0.6 is 0 Å². The minimum absolute atomic E-state index is 0.468. The molecule has 0 heterocycles. The lowest BCUT2D eigenvalue weighted by Crippen LogP contribution is -2.26. The van der Waals surface area contributed by atoms with Crippen LogP contribution in [0.15, 0.2) is 10.2 Å². The van der Waals surface area contributed by atoms with E-state index in [2.05, 4.69) is 23.2 Å². The van der Waals surface area contributed by atoms with E-state index in [4.69, 9.17) is 5.26 Å². The van der Waals surface area contributed by atoms with Crippen LogP contribution in [0.5, 0.6) is 0 Å². The highest BCUT2D eigenvalue weighted by Crippen LogP contribution is 2.31. The second-order valence-electron chi connectivity index (χ2n) is 4.38. The summed E-state index contributed by atoms with van der Waals surface area (Å²) < 4.78 is 0. The number of rotatable bonds is 5. The van der Waals surface area contributed by atoms with Crippen LogP contribution in [0.25, 0.3) is 0 Å². The molecule has 0 amide bonds. The van der Waals surface area contributed by atoms with Gasteiger partial charge in [0.2, 0.25) is 0 Å². The SMILES string of the molecule is CCCCCN=NC1(C#N)CCCCC1. The Kier molecular flexibility index (Phi) is 5.31. The molecule has 0 bridgehead atoms. The molecule has 0 N–H and O–H groups in total. The third-order valence-electron chi connectivity index (χ3n) is 3.01. The molecule has 15 heavy (non-hydrogen) atoms. The van der Waals surface area contributed by atoms with Gasteiger partial charge < -0.3 is 0 Å². The quantitative estimate of drug-likeness (QED) is 0.499. The fraction of sp³-hybridized carbons (Fsp3) is 0.917. The van der Waals surface area contributed by atoms with Gasteiger partial charge >= 0.3 is 0 Å². The molecule has 1 saturated carbocycles. The first-order valence-corrected chi connectivity index (χ1v) is 6.13. The van der Waals surface area contributed by atoms with Crippen LogP contribution in [-0.2, 0) is 0 Å². The molecule has 0 spiro atoms. The van der Waals surface area contributed by atoms with Crippen molar-refractivity contribution in [2.45, 2.75) is 63.8 Å². The summed E-state index contributed by atoms with van der Waals surface area (Å²) in [4.78, 5) is 0. The molecule has 0 aromatic heterocycles. The van der Waals surface area contributed by atoms with Gasteiger partial charge in [0, 0.05) is 0 Å². The van der Waals surface area contributed by atoms with Crippen LogP contribution in [0.3, 0.4) is 0 Å². The fourth-order valence-electron chi connectivity index (χ4n) is 1.99. The van der Waals surface area contributed by atoms with Gasteiger partial charge in [-0.3, -0.25) is 0 Å². The summed E-state index contributed by atoms with van der Waals surface area (Å²) in [7, 11) is 0. The number of nitrogens with zero attached hydrogens (tertiary/aromatic N) is 3. The Bertz CT molecular complexity index is 234. The third kappa shape index (κ3) is 3.99. The molecule has 1 fully saturated rings. The van der Waals surface area contributed by atoms with E-state index in [0.29, 0.717) is 0 Å². The Hall–Kier alpha value is -0.910. The molecule has 1 rings (SSSR count). The molecule has 0 saturated heterocycles. The smallest absolute Gasteiger partial charge is 0.167 e. The van der Waals surface area contributed by atoms with E-state index in [0.717, 1.165) is 38.6 Å². The van der Waals surface area contributed by atoms with Gasteiger partial charge in [0.1, 0.15) is 0 Å². The minimum atomic E-state index is -0.468. The molecule has 0 radical (unpaired) electrons. The van der Waals surface area contributed by atoms with Gasteiger partial charge in [-0.1, -0.05) is 26.2 Å². The normalized spacial score (nSPS) is 20.3. The molecule has 0 aliphatic heterocycles.